The topological polar surface area (TPSA) is 253 Å². The number of rotatable bonds is 21. The van der Waals surface area contributed by atoms with Crippen LogP contribution >= 0.6 is 0 Å². The average molecular weight is 896 g/mol. The Bertz CT molecular complexity index is 2580. The number of likely N-dealkylation sites (N-methyl/N-ethyl adjacent to an activating group) is 1. The van der Waals surface area contributed by atoms with Gasteiger partial charge in [0.25, 0.3) is 11.8 Å². The standard InChI is InChI=1S/C47H53N13O6/c1-58(44(49)39-20-21-50-30-53-39)41(48)27-51-33-12-7-11-32(25-33)45(63)52-26-31-10-6-14-35(24-31)66-23-5-3-2-4-22-59-28-34(56-57-59)13-8-17-42(61)54-38-16-9-15-36-37(38)29-60(47(36)65)40-18-19-43(62)55-46(40)64/h6-7,9-12,14-16,20-21,24-25,28,30,40,48-49,51H,2-5,8,13,17-19,22-23,26-27,29H2,1H3,(H,52,63)(H,54,61)(H,55,62,64). The third-order valence-corrected chi connectivity index (χ3v) is 11.3. The molecule has 2 aliphatic rings. The number of amides is 5. The molecule has 0 saturated carbocycles. The molecule has 19 heteroatoms. The van der Waals surface area contributed by atoms with Crippen molar-refractivity contribution in [3.05, 3.63) is 125 Å². The number of ether oxygens (including phenoxy) is 1. The van der Waals surface area contributed by atoms with Gasteiger partial charge in [-0.1, -0.05) is 35.9 Å². The molecule has 1 unspecified atom stereocenters. The van der Waals surface area contributed by atoms with Crippen molar-refractivity contribution in [2.45, 2.75) is 83.5 Å². The number of nitrogens with zero attached hydrogens (tertiary/aromatic N) is 7. The second-order valence-corrected chi connectivity index (χ2v) is 16.1. The van der Waals surface area contributed by atoms with Crippen molar-refractivity contribution in [1.29, 1.82) is 10.8 Å². The van der Waals surface area contributed by atoms with Gasteiger partial charge in [0.05, 0.1) is 18.8 Å². The van der Waals surface area contributed by atoms with Crippen molar-refractivity contribution in [3.63, 3.8) is 0 Å². The quantitative estimate of drug-likeness (QED) is 0.0254. The van der Waals surface area contributed by atoms with Crippen LogP contribution in [-0.4, -0.2) is 102 Å². The Morgan fingerprint density at radius 3 is 2.64 bits per heavy atom. The summed E-state index contributed by atoms with van der Waals surface area (Å²) in [6.45, 7) is 1.95. The predicted molar refractivity (Wildman–Crippen MR) is 245 cm³/mol. The van der Waals surface area contributed by atoms with E-state index >= 15 is 0 Å². The molecule has 3 aromatic carbocycles. The molecule has 7 rings (SSSR count). The zero-order valence-electron chi connectivity index (χ0n) is 36.7. The number of amidine groups is 2. The lowest BCUT2D eigenvalue weighted by Crippen LogP contribution is -2.52. The lowest BCUT2D eigenvalue weighted by molar-refractivity contribution is -0.137. The average Bonchev–Trinajstić information content (AvgIpc) is 3.93. The minimum atomic E-state index is -0.723. The molecule has 342 valence electrons. The first-order chi connectivity index (χ1) is 32.0. The zero-order chi connectivity index (χ0) is 46.4. The summed E-state index contributed by atoms with van der Waals surface area (Å²) in [5.74, 6) is -0.553. The van der Waals surface area contributed by atoms with E-state index in [1.54, 1.807) is 55.7 Å². The molecule has 1 fully saturated rings. The maximum Gasteiger partial charge on any atom is 0.255 e. The van der Waals surface area contributed by atoms with Crippen molar-refractivity contribution in [2.24, 2.45) is 0 Å². The minimum absolute atomic E-state index is 0.0797. The minimum Gasteiger partial charge on any atom is -0.494 e. The van der Waals surface area contributed by atoms with Crippen LogP contribution in [0.2, 0.25) is 0 Å². The van der Waals surface area contributed by atoms with Crippen LogP contribution in [0.5, 0.6) is 5.75 Å². The highest BCUT2D eigenvalue weighted by molar-refractivity contribution is 6.07. The molecule has 2 aliphatic heterocycles. The monoisotopic (exact) mass is 895 g/mol. The fourth-order valence-electron chi connectivity index (χ4n) is 7.67. The van der Waals surface area contributed by atoms with Crippen LogP contribution in [-0.2, 0) is 40.4 Å². The molecule has 0 radical (unpaired) electrons. The number of hydrogen-bond donors (Lipinski definition) is 6. The second-order valence-electron chi connectivity index (χ2n) is 16.1. The summed E-state index contributed by atoms with van der Waals surface area (Å²) < 4.78 is 7.84. The Hall–Kier alpha value is -7.83. The van der Waals surface area contributed by atoms with Gasteiger partial charge in [-0.05, 0) is 92.6 Å². The summed E-state index contributed by atoms with van der Waals surface area (Å²) >= 11 is 0. The van der Waals surface area contributed by atoms with Crippen molar-refractivity contribution in [3.8, 4) is 5.75 Å². The maximum atomic E-state index is 13.1. The second kappa shape index (κ2) is 22.2. The van der Waals surface area contributed by atoms with Crippen molar-refractivity contribution < 1.29 is 28.7 Å². The van der Waals surface area contributed by atoms with Crippen LogP contribution in [0.15, 0.2) is 91.5 Å². The molecule has 66 heavy (non-hydrogen) atoms. The molecular formula is C47H53N13O6. The van der Waals surface area contributed by atoms with Crippen LogP contribution < -0.4 is 26.0 Å². The molecule has 1 saturated heterocycles. The van der Waals surface area contributed by atoms with Gasteiger partial charge in [0.15, 0.2) is 5.84 Å². The van der Waals surface area contributed by atoms with E-state index in [2.05, 4.69) is 41.5 Å². The molecule has 6 N–H and O–H groups in total. The van der Waals surface area contributed by atoms with E-state index in [1.165, 1.54) is 16.1 Å². The van der Waals surface area contributed by atoms with E-state index in [-0.39, 0.29) is 67.7 Å². The largest absolute Gasteiger partial charge is 0.494 e. The number of unbranched alkanes of at least 4 members (excludes halogenated alkanes) is 3. The van der Waals surface area contributed by atoms with E-state index in [1.807, 2.05) is 41.2 Å². The van der Waals surface area contributed by atoms with Gasteiger partial charge in [0.1, 0.15) is 29.6 Å². The molecule has 0 aliphatic carbocycles. The molecule has 19 nitrogen and oxygen atoms in total. The lowest BCUT2D eigenvalue weighted by Gasteiger charge is -2.29. The number of fused-ring (bicyclic) bond motifs is 1. The predicted octanol–water partition coefficient (Wildman–Crippen LogP) is 4.71. The van der Waals surface area contributed by atoms with Gasteiger partial charge in [-0.15, -0.1) is 5.10 Å². The van der Waals surface area contributed by atoms with E-state index in [0.29, 0.717) is 59.8 Å². The number of carbonyl (C=O) groups excluding carboxylic acids is 5. The Labute approximate surface area is 381 Å². The first-order valence-corrected chi connectivity index (χ1v) is 22.0. The molecule has 5 amide bonds. The van der Waals surface area contributed by atoms with Crippen LogP contribution in [0.25, 0.3) is 0 Å². The van der Waals surface area contributed by atoms with Crippen LogP contribution in [0.1, 0.15) is 94.6 Å². The number of piperidine rings is 1. The fourth-order valence-corrected chi connectivity index (χ4v) is 7.67. The molecule has 1 atom stereocenters. The number of benzene rings is 3. The van der Waals surface area contributed by atoms with Gasteiger partial charge in [0.2, 0.25) is 17.7 Å². The normalized spacial score (nSPS) is 14.3. The van der Waals surface area contributed by atoms with E-state index < -0.39 is 11.9 Å². The van der Waals surface area contributed by atoms with Crippen LogP contribution in [0.4, 0.5) is 11.4 Å². The maximum absolute atomic E-state index is 13.1. The number of aromatic nitrogens is 5. The van der Waals surface area contributed by atoms with Crippen LogP contribution in [0, 0.1) is 10.8 Å². The summed E-state index contributed by atoms with van der Waals surface area (Å²) in [5.41, 5.74) is 4.92. The van der Waals surface area contributed by atoms with Gasteiger partial charge in [-0.25, -0.2) is 9.97 Å². The van der Waals surface area contributed by atoms with Gasteiger partial charge in [-0.3, -0.25) is 44.8 Å². The summed E-state index contributed by atoms with van der Waals surface area (Å²) in [6.07, 6.45) is 10.5. The van der Waals surface area contributed by atoms with Crippen molar-refractivity contribution in [2.75, 3.05) is 30.8 Å². The molecule has 2 aromatic heterocycles. The SMILES string of the molecule is CN(C(=N)CNc1cccc(C(=O)NCc2cccc(OCCCCCCn3cc(CCCC(=O)Nc4cccc5c4CN(C4CCC(=O)NC4=O)C5=O)nn3)c2)c1)C(=N)c1ccncn1. The summed E-state index contributed by atoms with van der Waals surface area (Å²) in [5, 5.41) is 36.6. The molecule has 5 aromatic rings. The molecule has 4 heterocycles. The van der Waals surface area contributed by atoms with Crippen LogP contribution in [0.3, 0.4) is 0 Å². The van der Waals surface area contributed by atoms with Gasteiger partial charge < -0.3 is 30.5 Å². The number of carbonyl (C=O) groups is 5. The Morgan fingerprint density at radius 1 is 0.970 bits per heavy atom. The zero-order valence-corrected chi connectivity index (χ0v) is 36.7. The Balaban J connectivity index is 0.746. The van der Waals surface area contributed by atoms with Gasteiger partial charge in [-0.2, -0.15) is 0 Å². The first-order valence-electron chi connectivity index (χ1n) is 22.0. The van der Waals surface area contributed by atoms with E-state index in [0.717, 1.165) is 49.2 Å². The number of anilines is 2. The first kappa shape index (κ1) is 46.2. The highest BCUT2D eigenvalue weighted by Crippen LogP contribution is 2.32. The third-order valence-electron chi connectivity index (χ3n) is 11.3. The van der Waals surface area contributed by atoms with Gasteiger partial charge in [0, 0.05) is 80.0 Å². The van der Waals surface area contributed by atoms with E-state index in [9.17, 15) is 24.0 Å². The Morgan fingerprint density at radius 2 is 1.80 bits per heavy atom. The molecule has 0 bridgehead atoms. The van der Waals surface area contributed by atoms with Crippen molar-refractivity contribution >= 4 is 52.6 Å². The number of hydrogen-bond acceptors (Lipinski definition) is 13. The lowest BCUT2D eigenvalue weighted by atomic mass is 10.0. The summed E-state index contributed by atoms with van der Waals surface area (Å²) in [4.78, 5) is 73.9. The number of imide groups is 1. The summed E-state index contributed by atoms with van der Waals surface area (Å²) in [7, 11) is 1.63. The Kier molecular flexibility index (Phi) is 15.5. The number of nitrogens with one attached hydrogen (secondary N) is 6. The van der Waals surface area contributed by atoms with E-state index in [4.69, 9.17) is 15.6 Å². The summed E-state index contributed by atoms with van der Waals surface area (Å²) in [6, 6.07) is 20.7. The molecule has 0 spiro atoms. The molecular weight excluding hydrogens is 843 g/mol. The third kappa shape index (κ3) is 12.2. The smallest absolute Gasteiger partial charge is 0.255 e. The highest BCUT2D eigenvalue weighted by atomic mass is 16.5. The van der Waals surface area contributed by atoms with Gasteiger partial charge >= 0.3 is 0 Å². The highest BCUT2D eigenvalue weighted by Gasteiger charge is 2.40. The fraction of sp³-hybridized carbons (Fsp3) is 0.340. The van der Waals surface area contributed by atoms with Crippen molar-refractivity contribution in [1.82, 2.24) is 45.4 Å². The number of aryl methyl sites for hydroxylation is 2.